The number of methoxy groups -OCH3 is 1. The second-order valence-electron chi connectivity index (χ2n) is 6.72. The Bertz CT molecular complexity index is 1260. The molecule has 0 aliphatic carbocycles. The first-order valence-electron chi connectivity index (χ1n) is 9.84. The molecule has 0 saturated heterocycles. The van der Waals surface area contributed by atoms with Gasteiger partial charge in [0.05, 0.1) is 31.0 Å². The van der Waals surface area contributed by atoms with Gasteiger partial charge in [-0.1, -0.05) is 30.3 Å². The lowest BCUT2D eigenvalue weighted by molar-refractivity contribution is 0.0528. The molecule has 10 heteroatoms. The van der Waals surface area contributed by atoms with Gasteiger partial charge in [0.2, 0.25) is 5.88 Å². The molecule has 168 valence electrons. The van der Waals surface area contributed by atoms with Gasteiger partial charge in [0.25, 0.3) is 5.56 Å². The van der Waals surface area contributed by atoms with E-state index in [1.807, 2.05) is 30.3 Å². The largest absolute Gasteiger partial charge is 0.494 e. The molecule has 0 spiro atoms. The van der Waals surface area contributed by atoms with Gasteiger partial charge in [-0.05, 0) is 37.7 Å². The van der Waals surface area contributed by atoms with Gasteiger partial charge in [-0.2, -0.15) is 0 Å². The number of carbonyl (C=O) groups excluding carboxylic acids is 1. The van der Waals surface area contributed by atoms with Gasteiger partial charge in [-0.15, -0.1) is 11.3 Å². The van der Waals surface area contributed by atoms with Crippen LogP contribution < -0.4 is 5.56 Å². The summed E-state index contributed by atoms with van der Waals surface area (Å²) >= 11 is 6.44. The molecule has 0 amide bonds. The number of nitrogens with zero attached hydrogens (tertiary/aromatic N) is 2. The standard InChI is InChI=1S/C22H23N3O5S2/c1-4-30-21(28)15-12-16(14-8-6-5-7-9-14)32-19(15)23-13(2)17-18(26)24-22(31)25(20(17)27)10-11-29-3/h5-9,12,27H,4,10-11H2,1-3H3,(H,24,26,31)/b23-13+. The molecule has 0 aliphatic heterocycles. The summed E-state index contributed by atoms with van der Waals surface area (Å²) in [7, 11) is 1.53. The van der Waals surface area contributed by atoms with E-state index in [-0.39, 0.29) is 40.6 Å². The first-order valence-corrected chi connectivity index (χ1v) is 11.1. The number of ether oxygens (including phenoxy) is 2. The van der Waals surface area contributed by atoms with Crippen LogP contribution in [0.1, 0.15) is 29.8 Å². The van der Waals surface area contributed by atoms with Crippen molar-refractivity contribution in [2.45, 2.75) is 20.4 Å². The predicted octanol–water partition coefficient (Wildman–Crippen LogP) is 4.30. The molecule has 1 aromatic carbocycles. The lowest BCUT2D eigenvalue weighted by Crippen LogP contribution is -2.22. The Labute approximate surface area is 193 Å². The highest BCUT2D eigenvalue weighted by molar-refractivity contribution is 7.71. The lowest BCUT2D eigenvalue weighted by Gasteiger charge is -2.12. The zero-order valence-electron chi connectivity index (χ0n) is 17.9. The van der Waals surface area contributed by atoms with Crippen LogP contribution in [0.2, 0.25) is 0 Å². The highest BCUT2D eigenvalue weighted by Crippen LogP contribution is 2.38. The molecule has 0 bridgehead atoms. The molecule has 3 aromatic rings. The summed E-state index contributed by atoms with van der Waals surface area (Å²) in [6, 6.07) is 11.3. The predicted molar refractivity (Wildman–Crippen MR) is 127 cm³/mol. The Balaban J connectivity index is 2.13. The maximum absolute atomic E-state index is 12.6. The molecule has 0 unspecified atom stereocenters. The average molecular weight is 474 g/mol. The van der Waals surface area contributed by atoms with E-state index in [4.69, 9.17) is 21.7 Å². The second-order valence-corrected chi connectivity index (χ2v) is 8.13. The Morgan fingerprint density at radius 1 is 1.31 bits per heavy atom. The molecule has 2 aromatic heterocycles. The third kappa shape index (κ3) is 5.04. The first-order chi connectivity index (χ1) is 15.4. The smallest absolute Gasteiger partial charge is 0.341 e. The number of aromatic nitrogens is 2. The Hall–Kier alpha value is -3.08. The molecule has 3 rings (SSSR count). The number of hydrogen-bond acceptors (Lipinski definition) is 8. The minimum atomic E-state index is -0.569. The van der Waals surface area contributed by atoms with Crippen molar-refractivity contribution >= 4 is 40.2 Å². The number of aliphatic imine (C=N–C) groups is 1. The number of H-pyrrole nitrogens is 1. The molecular weight excluding hydrogens is 450 g/mol. The van der Waals surface area contributed by atoms with Crippen LogP contribution in [-0.4, -0.2) is 46.7 Å². The van der Waals surface area contributed by atoms with E-state index in [2.05, 4.69) is 9.98 Å². The van der Waals surface area contributed by atoms with E-state index >= 15 is 0 Å². The number of thiophene rings is 1. The van der Waals surface area contributed by atoms with E-state index in [1.54, 1.807) is 19.9 Å². The Morgan fingerprint density at radius 2 is 2.03 bits per heavy atom. The van der Waals surface area contributed by atoms with Crippen molar-refractivity contribution in [3.63, 3.8) is 0 Å². The van der Waals surface area contributed by atoms with Gasteiger partial charge in [0.1, 0.15) is 10.6 Å². The highest BCUT2D eigenvalue weighted by Gasteiger charge is 2.20. The number of nitrogens with one attached hydrogen (secondary N) is 1. The number of esters is 1. The van der Waals surface area contributed by atoms with Crippen LogP contribution in [0, 0.1) is 4.77 Å². The van der Waals surface area contributed by atoms with Crippen molar-refractivity contribution < 1.29 is 19.4 Å². The van der Waals surface area contributed by atoms with Gasteiger partial charge in [0, 0.05) is 12.0 Å². The third-order valence-electron chi connectivity index (χ3n) is 4.59. The first kappa shape index (κ1) is 23.6. The molecule has 0 aliphatic rings. The number of aromatic hydroxyl groups is 1. The van der Waals surface area contributed by atoms with Crippen molar-refractivity contribution in [2.75, 3.05) is 20.3 Å². The van der Waals surface area contributed by atoms with E-state index < -0.39 is 11.5 Å². The van der Waals surface area contributed by atoms with Crippen LogP contribution in [0.25, 0.3) is 10.4 Å². The maximum Gasteiger partial charge on any atom is 0.341 e. The van der Waals surface area contributed by atoms with Gasteiger partial charge < -0.3 is 14.6 Å². The summed E-state index contributed by atoms with van der Waals surface area (Å²) in [5.41, 5.74) is 0.852. The van der Waals surface area contributed by atoms with Crippen molar-refractivity contribution in [3.8, 4) is 16.3 Å². The molecule has 0 radical (unpaired) electrons. The van der Waals surface area contributed by atoms with Crippen LogP contribution >= 0.6 is 23.6 Å². The van der Waals surface area contributed by atoms with Gasteiger partial charge in [-0.3, -0.25) is 14.3 Å². The van der Waals surface area contributed by atoms with Crippen LogP contribution in [0.3, 0.4) is 0 Å². The average Bonchev–Trinajstić information content (AvgIpc) is 3.18. The van der Waals surface area contributed by atoms with Crippen molar-refractivity contribution in [1.82, 2.24) is 9.55 Å². The van der Waals surface area contributed by atoms with Crippen LogP contribution in [-0.2, 0) is 16.0 Å². The number of rotatable bonds is 8. The quantitative estimate of drug-likeness (QED) is 0.287. The summed E-state index contributed by atoms with van der Waals surface area (Å²) in [4.78, 5) is 33.0. The van der Waals surface area contributed by atoms with Crippen molar-refractivity contribution in [1.29, 1.82) is 0 Å². The van der Waals surface area contributed by atoms with E-state index in [1.165, 1.54) is 23.0 Å². The zero-order valence-corrected chi connectivity index (χ0v) is 19.5. The molecule has 2 N–H and O–H groups in total. The highest BCUT2D eigenvalue weighted by atomic mass is 32.1. The van der Waals surface area contributed by atoms with Gasteiger partial charge >= 0.3 is 5.97 Å². The van der Waals surface area contributed by atoms with Crippen LogP contribution in [0.4, 0.5) is 5.00 Å². The monoisotopic (exact) mass is 473 g/mol. The molecule has 0 fully saturated rings. The van der Waals surface area contributed by atoms with Crippen molar-refractivity contribution in [2.24, 2.45) is 4.99 Å². The Kier molecular flexibility index (Phi) is 7.73. The molecule has 0 atom stereocenters. The van der Waals surface area contributed by atoms with Gasteiger partial charge in [0.15, 0.2) is 4.77 Å². The topological polar surface area (TPSA) is 106 Å². The number of carbonyl (C=O) groups is 1. The minimum Gasteiger partial charge on any atom is -0.494 e. The van der Waals surface area contributed by atoms with E-state index in [9.17, 15) is 14.7 Å². The van der Waals surface area contributed by atoms with Crippen LogP contribution in [0.5, 0.6) is 5.88 Å². The normalized spacial score (nSPS) is 11.5. The fraction of sp³-hybridized carbons (Fsp3) is 0.273. The third-order valence-corrected chi connectivity index (χ3v) is 5.99. The van der Waals surface area contributed by atoms with Crippen LogP contribution in [0.15, 0.2) is 46.2 Å². The number of hydrogen-bond donors (Lipinski definition) is 2. The number of benzene rings is 1. The molecule has 2 heterocycles. The Morgan fingerprint density at radius 3 is 2.69 bits per heavy atom. The fourth-order valence-corrected chi connectivity index (χ4v) is 4.39. The summed E-state index contributed by atoms with van der Waals surface area (Å²) in [6.07, 6.45) is 0. The summed E-state index contributed by atoms with van der Waals surface area (Å²) in [6.45, 7) is 4.08. The molecule has 32 heavy (non-hydrogen) atoms. The van der Waals surface area contributed by atoms with Crippen molar-refractivity contribution in [3.05, 3.63) is 62.6 Å². The maximum atomic E-state index is 12.6. The second kappa shape index (κ2) is 10.5. The molecule has 8 nitrogen and oxygen atoms in total. The zero-order chi connectivity index (χ0) is 23.3. The fourth-order valence-electron chi connectivity index (χ4n) is 3.05. The summed E-state index contributed by atoms with van der Waals surface area (Å²) in [5, 5.41) is 11.1. The lowest BCUT2D eigenvalue weighted by atomic mass is 10.1. The molecular formula is C22H23N3O5S2. The molecule has 0 saturated carbocycles. The summed E-state index contributed by atoms with van der Waals surface area (Å²) in [5.74, 6) is -0.818. The summed E-state index contributed by atoms with van der Waals surface area (Å²) < 4.78 is 11.7. The van der Waals surface area contributed by atoms with E-state index in [0.29, 0.717) is 11.6 Å². The van der Waals surface area contributed by atoms with Gasteiger partial charge in [-0.25, -0.2) is 9.79 Å². The minimum absolute atomic E-state index is 0.0285. The number of aromatic amines is 1. The van der Waals surface area contributed by atoms with E-state index in [0.717, 1.165) is 10.4 Å². The SMILES string of the molecule is CCOC(=O)c1cc(-c2ccccc2)sc1/N=C(\C)c1c(O)n(CCOC)c(=S)[nH]c1=O.